The molecule has 0 aliphatic carbocycles. The summed E-state index contributed by atoms with van der Waals surface area (Å²) >= 11 is -2.11. The van der Waals surface area contributed by atoms with Crippen LogP contribution in [0.4, 0.5) is 5.95 Å². The first-order valence-electron chi connectivity index (χ1n) is 8.17. The summed E-state index contributed by atoms with van der Waals surface area (Å²) in [6, 6.07) is 0. The van der Waals surface area contributed by atoms with Crippen LogP contribution < -0.4 is 20.8 Å². The molecule has 0 aromatic carbocycles. The van der Waals surface area contributed by atoms with E-state index in [9.17, 15) is 23.9 Å². The van der Waals surface area contributed by atoms with Gasteiger partial charge in [0.25, 0.3) is 0 Å². The molecule has 5 atom stereocenters. The maximum atomic E-state index is 12.2. The van der Waals surface area contributed by atoms with Crippen LogP contribution in [0.1, 0.15) is 6.23 Å². The topological polar surface area (TPSA) is 226 Å². The first-order valence-corrected chi connectivity index (χ1v) is 15.8. The average Bonchev–Trinajstić information content (AvgIpc) is 3.07. The van der Waals surface area contributed by atoms with E-state index in [1.54, 1.807) is 7.05 Å². The van der Waals surface area contributed by atoms with Crippen LogP contribution in [0, 0.1) is 0 Å². The molecule has 30 heavy (non-hydrogen) atoms. The third-order valence-electron chi connectivity index (χ3n) is 4.25. The van der Waals surface area contributed by atoms with Crippen LogP contribution in [0.15, 0.2) is 11.1 Å². The molecule has 1 aliphatic rings. The van der Waals surface area contributed by atoms with Crippen molar-refractivity contribution in [2.75, 3.05) is 19.5 Å². The number of hydrogen-bond donors (Lipinski definition) is 5. The summed E-state index contributed by atoms with van der Waals surface area (Å²) in [6.07, 6.45) is -12.8. The van der Waals surface area contributed by atoms with Crippen LogP contribution in [-0.2, 0) is 30.2 Å². The van der Waals surface area contributed by atoms with Crippen molar-refractivity contribution in [1.82, 2.24) is 14.5 Å². The minimum absolute atomic E-state index is 0.138. The monoisotopic (exact) mass is 535 g/mol. The number of methoxy groups -OCH3 is 1. The molecule has 0 amide bonds. The molecule has 15 nitrogen and oxygen atoms in total. The molecule has 0 spiro atoms. The van der Waals surface area contributed by atoms with Gasteiger partial charge >= 0.3 is 173 Å². The molecule has 1 fully saturated rings. The molecule has 2 aromatic heterocycles. The Morgan fingerprint density at radius 1 is 1.50 bits per heavy atom. The standard InChI is InChI=1S/C12H19N5O10P2Se/c1-16-4-17(9-6(16)10(19)15-12(13)14-9)11-8(25-2)7(18)5(27-11)3-26-29(23,24)30-28(20,21)22/h4-5,7-8,11,18H,3H2,1-2H3,(H5-,13,14,15,19,20,21,22,23,24)/t5-,7-,8-,11-/m1/s1. The van der Waals surface area contributed by atoms with Crippen molar-refractivity contribution in [3.05, 3.63) is 16.7 Å². The predicted octanol–water partition coefficient (Wildman–Crippen LogP) is -3.31. The molecular weight excluding hydrogens is 515 g/mol. The fourth-order valence-electron chi connectivity index (χ4n) is 3.11. The number of ether oxygens (including phenoxy) is 2. The van der Waals surface area contributed by atoms with E-state index in [-0.39, 0.29) is 17.1 Å². The number of hydrogen-bond acceptors (Lipinski definition) is 10. The van der Waals surface area contributed by atoms with Crippen LogP contribution in [0.25, 0.3) is 11.2 Å². The number of aromatic nitrogens is 4. The van der Waals surface area contributed by atoms with Gasteiger partial charge in [-0.1, -0.05) is 0 Å². The van der Waals surface area contributed by atoms with E-state index in [1.165, 1.54) is 22.6 Å². The first-order chi connectivity index (χ1) is 13.8. The number of nitrogens with zero attached hydrogens (tertiary/aromatic N) is 3. The number of H-pyrrole nitrogens is 1. The summed E-state index contributed by atoms with van der Waals surface area (Å²) in [5, 5.41) is 10.5. The predicted molar refractivity (Wildman–Crippen MR) is 98.0 cm³/mol. The number of aliphatic hydroxyl groups excluding tert-OH is 1. The van der Waals surface area contributed by atoms with E-state index in [0.29, 0.717) is 0 Å². The van der Waals surface area contributed by atoms with Crippen molar-refractivity contribution in [3.63, 3.8) is 0 Å². The zero-order valence-electron chi connectivity index (χ0n) is 15.5. The first kappa shape index (κ1) is 23.5. The summed E-state index contributed by atoms with van der Waals surface area (Å²) in [5.74, 6) is -0.146. The Kier molecular flexibility index (Phi) is 6.59. The van der Waals surface area contributed by atoms with Crippen molar-refractivity contribution < 1.29 is 47.5 Å². The third kappa shape index (κ3) is 4.85. The van der Waals surface area contributed by atoms with E-state index in [2.05, 4.69) is 14.5 Å². The molecule has 0 saturated carbocycles. The van der Waals surface area contributed by atoms with E-state index >= 15 is 0 Å². The Morgan fingerprint density at radius 2 is 2.17 bits per heavy atom. The van der Waals surface area contributed by atoms with Gasteiger partial charge in [-0.2, -0.15) is 0 Å². The molecule has 2 aromatic rings. The van der Waals surface area contributed by atoms with Crippen molar-refractivity contribution in [3.8, 4) is 0 Å². The number of nitrogens with two attached hydrogens (primary N) is 1. The van der Waals surface area contributed by atoms with E-state index in [1.807, 2.05) is 0 Å². The van der Waals surface area contributed by atoms with Gasteiger partial charge in [-0.05, 0) is 0 Å². The van der Waals surface area contributed by atoms with Crippen molar-refractivity contribution in [1.29, 1.82) is 0 Å². The van der Waals surface area contributed by atoms with Crippen LogP contribution in [0.5, 0.6) is 0 Å². The third-order valence-corrected chi connectivity index (χ3v) is 14.8. The zero-order valence-corrected chi connectivity index (χ0v) is 19.0. The number of nitrogens with one attached hydrogen (secondary N) is 1. The van der Waals surface area contributed by atoms with Gasteiger partial charge in [0.2, 0.25) is 0 Å². The number of imidazole rings is 1. The molecule has 0 radical (unpaired) electrons. The number of aromatic amines is 1. The summed E-state index contributed by atoms with van der Waals surface area (Å²) in [7, 11) is 2.88. The Bertz CT molecular complexity index is 1100. The molecule has 6 N–H and O–H groups in total. The summed E-state index contributed by atoms with van der Waals surface area (Å²) < 4.78 is 41.2. The number of fused-ring (bicyclic) bond motifs is 1. The van der Waals surface area contributed by atoms with Gasteiger partial charge in [-0.3, -0.25) is 0 Å². The molecule has 18 heteroatoms. The van der Waals surface area contributed by atoms with Gasteiger partial charge < -0.3 is 0 Å². The number of aliphatic hydroxyl groups is 1. The van der Waals surface area contributed by atoms with Crippen LogP contribution in [0.2, 0.25) is 0 Å². The summed E-state index contributed by atoms with van der Waals surface area (Å²) in [5.41, 5.74) is 5.42. The van der Waals surface area contributed by atoms with Gasteiger partial charge in [0.1, 0.15) is 0 Å². The number of nitrogen functional groups attached to an aromatic ring is 1. The van der Waals surface area contributed by atoms with Gasteiger partial charge in [0.15, 0.2) is 0 Å². The zero-order chi connectivity index (χ0) is 22.4. The normalized spacial score (nSPS) is 26.9. The van der Waals surface area contributed by atoms with Crippen molar-refractivity contribution in [2.45, 2.75) is 24.5 Å². The average molecular weight is 534 g/mol. The number of anilines is 1. The van der Waals surface area contributed by atoms with E-state index in [0.717, 1.165) is 0 Å². The van der Waals surface area contributed by atoms with Crippen molar-refractivity contribution >= 4 is 43.8 Å². The molecule has 1 saturated heterocycles. The van der Waals surface area contributed by atoms with Gasteiger partial charge in [-0.25, -0.2) is 0 Å². The summed E-state index contributed by atoms with van der Waals surface area (Å²) in [4.78, 5) is 48.1. The Morgan fingerprint density at radius 3 is 2.77 bits per heavy atom. The second-order valence-corrected chi connectivity index (χ2v) is 18.0. The Hall–Kier alpha value is -1.15. The number of rotatable bonds is 7. The number of aryl methyl sites for hydroxylation is 1. The maximum absolute atomic E-state index is 12.2. The fraction of sp³-hybridized carbons (Fsp3) is 0.583. The van der Waals surface area contributed by atoms with Gasteiger partial charge in [-0.15, -0.1) is 0 Å². The van der Waals surface area contributed by atoms with Crippen LogP contribution >= 0.6 is 12.6 Å². The Balaban J connectivity index is 1.88. The molecule has 1 unspecified atom stereocenters. The van der Waals surface area contributed by atoms with E-state index in [4.69, 9.17) is 25.0 Å². The molecule has 3 heterocycles. The quantitative estimate of drug-likeness (QED) is 0.134. The summed E-state index contributed by atoms with van der Waals surface area (Å²) in [6.45, 7) is -0.693. The molecule has 0 bridgehead atoms. The minimum atomic E-state index is -4.83. The van der Waals surface area contributed by atoms with Crippen LogP contribution in [-0.4, -0.2) is 75.5 Å². The van der Waals surface area contributed by atoms with Gasteiger partial charge in [0, 0.05) is 0 Å². The van der Waals surface area contributed by atoms with Crippen molar-refractivity contribution in [2.24, 2.45) is 7.05 Å². The van der Waals surface area contributed by atoms with Crippen LogP contribution in [0.3, 0.4) is 0 Å². The fourth-order valence-corrected chi connectivity index (χ4v) is 10.9. The van der Waals surface area contributed by atoms with E-state index < -0.39 is 63.3 Å². The SMILES string of the molecule is CO[C@@H]1[C@H](O)[C@@H](COP(=O)([O-])[Se]P(=O)(O)O)O[C@H]1[n+]1cn(C)c2c(=O)[nH]c(N)nc21. The van der Waals surface area contributed by atoms with Gasteiger partial charge in [0.05, 0.1) is 0 Å². The second-order valence-electron chi connectivity index (χ2n) is 6.33. The molecule has 3 rings (SSSR count). The molecule has 1 aliphatic heterocycles. The molecule has 168 valence electrons. The Labute approximate surface area is 173 Å². The second kappa shape index (κ2) is 8.41. The molecular formula is C12H19N5O10P2Se.